The minimum Gasteiger partial charge on any atom is -0.494 e. The topological polar surface area (TPSA) is 37.5 Å². The molecule has 0 saturated heterocycles. The van der Waals surface area contributed by atoms with E-state index in [1.807, 2.05) is 73.8 Å². The van der Waals surface area contributed by atoms with Crippen molar-refractivity contribution in [2.45, 2.75) is 0 Å². The molecule has 2 aromatic carbocycles. The van der Waals surface area contributed by atoms with Crippen molar-refractivity contribution in [1.29, 1.82) is 0 Å². The van der Waals surface area contributed by atoms with Crippen LogP contribution in [0.5, 0.6) is 5.88 Å². The molecule has 1 aromatic heterocycles. The molecule has 3 rings (SSSR count). The SMILES string of the molecule is Cn1c(O)c(C=CC=Nc2ccccc2)c2ccccc21. The number of para-hydroxylation sites is 2. The third-order valence-electron chi connectivity index (χ3n) is 3.44. The lowest BCUT2D eigenvalue weighted by Gasteiger charge is -1.95. The standard InChI is InChI=1S/C18H16N2O/c1-20-17-12-6-5-10-15(17)16(18(20)21)11-7-13-19-14-8-3-2-4-9-14/h2-13,21H,1H3. The molecule has 0 aliphatic heterocycles. The number of aryl methyl sites for hydroxylation is 1. The zero-order chi connectivity index (χ0) is 14.7. The number of aromatic nitrogens is 1. The Morgan fingerprint density at radius 2 is 1.71 bits per heavy atom. The number of hydrogen-bond donors (Lipinski definition) is 1. The third kappa shape index (κ3) is 2.58. The normalized spacial score (nSPS) is 11.9. The Morgan fingerprint density at radius 3 is 2.52 bits per heavy atom. The van der Waals surface area contributed by atoms with Crippen LogP contribution in [0, 0.1) is 0 Å². The number of aromatic hydroxyl groups is 1. The van der Waals surface area contributed by atoms with Gasteiger partial charge in [0.05, 0.1) is 11.2 Å². The molecule has 104 valence electrons. The predicted octanol–water partition coefficient (Wildman–Crippen LogP) is 4.30. The van der Waals surface area contributed by atoms with Crippen LogP contribution in [0.1, 0.15) is 5.56 Å². The van der Waals surface area contributed by atoms with Crippen molar-refractivity contribution in [1.82, 2.24) is 4.57 Å². The summed E-state index contributed by atoms with van der Waals surface area (Å²) in [7, 11) is 1.85. The van der Waals surface area contributed by atoms with Crippen LogP contribution in [-0.4, -0.2) is 15.9 Å². The van der Waals surface area contributed by atoms with Gasteiger partial charge in [0.15, 0.2) is 5.88 Å². The van der Waals surface area contributed by atoms with Gasteiger partial charge in [0.2, 0.25) is 0 Å². The van der Waals surface area contributed by atoms with Crippen LogP contribution in [0.25, 0.3) is 17.0 Å². The Balaban J connectivity index is 1.90. The summed E-state index contributed by atoms with van der Waals surface area (Å²) in [5, 5.41) is 11.2. The van der Waals surface area contributed by atoms with Gasteiger partial charge in [-0.2, -0.15) is 0 Å². The quantitative estimate of drug-likeness (QED) is 0.711. The Bertz CT molecular complexity index is 814. The second kappa shape index (κ2) is 5.67. The van der Waals surface area contributed by atoms with E-state index < -0.39 is 0 Å². The Hall–Kier alpha value is -2.81. The molecule has 0 radical (unpaired) electrons. The summed E-state index contributed by atoms with van der Waals surface area (Å²) in [5.74, 6) is 0.264. The van der Waals surface area contributed by atoms with Crippen molar-refractivity contribution in [3.05, 3.63) is 66.2 Å². The summed E-state index contributed by atoms with van der Waals surface area (Å²) < 4.78 is 1.78. The van der Waals surface area contributed by atoms with Gasteiger partial charge in [0.25, 0.3) is 0 Å². The van der Waals surface area contributed by atoms with E-state index in [-0.39, 0.29) is 5.88 Å². The van der Waals surface area contributed by atoms with E-state index >= 15 is 0 Å². The van der Waals surface area contributed by atoms with E-state index in [2.05, 4.69) is 4.99 Å². The van der Waals surface area contributed by atoms with E-state index in [9.17, 15) is 5.11 Å². The van der Waals surface area contributed by atoms with E-state index in [0.717, 1.165) is 22.2 Å². The Kier molecular flexibility index (Phi) is 3.56. The summed E-state index contributed by atoms with van der Waals surface area (Å²) >= 11 is 0. The first kappa shape index (κ1) is 13.2. The van der Waals surface area contributed by atoms with Gasteiger partial charge in [-0.15, -0.1) is 0 Å². The summed E-state index contributed by atoms with van der Waals surface area (Å²) in [5.41, 5.74) is 2.73. The lowest BCUT2D eigenvalue weighted by molar-refractivity contribution is 0.434. The fourth-order valence-electron chi connectivity index (χ4n) is 2.36. The molecule has 0 saturated carbocycles. The molecular weight excluding hydrogens is 260 g/mol. The zero-order valence-corrected chi connectivity index (χ0v) is 11.8. The van der Waals surface area contributed by atoms with Gasteiger partial charge in [0, 0.05) is 24.2 Å². The number of fused-ring (bicyclic) bond motifs is 1. The van der Waals surface area contributed by atoms with Crippen molar-refractivity contribution in [3.8, 4) is 5.88 Å². The van der Waals surface area contributed by atoms with Crippen LogP contribution in [0.3, 0.4) is 0 Å². The first-order valence-electron chi connectivity index (χ1n) is 6.79. The monoisotopic (exact) mass is 276 g/mol. The van der Waals surface area contributed by atoms with Gasteiger partial charge in [0.1, 0.15) is 0 Å². The minimum absolute atomic E-state index is 0.264. The maximum absolute atomic E-state index is 10.2. The second-order valence-corrected chi connectivity index (χ2v) is 4.79. The molecule has 1 heterocycles. The highest BCUT2D eigenvalue weighted by Gasteiger charge is 2.10. The number of aliphatic imine (C=N–C) groups is 1. The van der Waals surface area contributed by atoms with Crippen LogP contribution in [0.15, 0.2) is 65.7 Å². The van der Waals surface area contributed by atoms with Crippen LogP contribution < -0.4 is 0 Å². The molecule has 3 nitrogen and oxygen atoms in total. The van der Waals surface area contributed by atoms with Crippen molar-refractivity contribution in [3.63, 3.8) is 0 Å². The fraction of sp³-hybridized carbons (Fsp3) is 0.0556. The third-order valence-corrected chi connectivity index (χ3v) is 3.44. The smallest absolute Gasteiger partial charge is 0.199 e. The fourth-order valence-corrected chi connectivity index (χ4v) is 2.36. The van der Waals surface area contributed by atoms with Crippen molar-refractivity contribution in [2.24, 2.45) is 12.0 Å². The molecule has 1 N–H and O–H groups in total. The van der Waals surface area contributed by atoms with Crippen molar-refractivity contribution >= 4 is 28.9 Å². The van der Waals surface area contributed by atoms with E-state index in [1.54, 1.807) is 10.8 Å². The van der Waals surface area contributed by atoms with Gasteiger partial charge < -0.3 is 9.67 Å². The molecule has 0 aliphatic carbocycles. The van der Waals surface area contributed by atoms with Gasteiger partial charge in [-0.1, -0.05) is 36.4 Å². The number of benzene rings is 2. The van der Waals surface area contributed by atoms with E-state index in [4.69, 9.17) is 0 Å². The average Bonchev–Trinajstić information content (AvgIpc) is 2.77. The number of rotatable bonds is 3. The Labute approximate surface area is 123 Å². The molecule has 0 amide bonds. The molecule has 0 bridgehead atoms. The molecule has 0 aliphatic rings. The van der Waals surface area contributed by atoms with Crippen molar-refractivity contribution < 1.29 is 5.11 Å². The van der Waals surface area contributed by atoms with Crippen LogP contribution >= 0.6 is 0 Å². The van der Waals surface area contributed by atoms with Gasteiger partial charge in [-0.3, -0.25) is 4.99 Å². The zero-order valence-electron chi connectivity index (χ0n) is 11.8. The molecule has 21 heavy (non-hydrogen) atoms. The summed E-state index contributed by atoms with van der Waals surface area (Å²) in [6, 6.07) is 17.7. The molecule has 0 fully saturated rings. The molecule has 0 atom stereocenters. The molecule has 0 spiro atoms. The maximum atomic E-state index is 10.2. The lowest BCUT2D eigenvalue weighted by atomic mass is 10.1. The van der Waals surface area contributed by atoms with Crippen LogP contribution in [0.2, 0.25) is 0 Å². The highest BCUT2D eigenvalue weighted by atomic mass is 16.3. The molecule has 3 heteroatoms. The summed E-state index contributed by atoms with van der Waals surface area (Å²) in [6.45, 7) is 0. The van der Waals surface area contributed by atoms with Crippen LogP contribution in [-0.2, 0) is 7.05 Å². The highest BCUT2D eigenvalue weighted by molar-refractivity contribution is 5.95. The lowest BCUT2D eigenvalue weighted by Crippen LogP contribution is -1.84. The first-order chi connectivity index (χ1) is 10.3. The largest absolute Gasteiger partial charge is 0.494 e. The van der Waals surface area contributed by atoms with Crippen LogP contribution in [0.4, 0.5) is 5.69 Å². The average molecular weight is 276 g/mol. The summed E-state index contributed by atoms with van der Waals surface area (Å²) in [4.78, 5) is 4.34. The van der Waals surface area contributed by atoms with E-state index in [0.29, 0.717) is 0 Å². The second-order valence-electron chi connectivity index (χ2n) is 4.79. The van der Waals surface area contributed by atoms with Gasteiger partial charge in [-0.05, 0) is 30.4 Å². The van der Waals surface area contributed by atoms with Gasteiger partial charge >= 0.3 is 0 Å². The van der Waals surface area contributed by atoms with Gasteiger partial charge in [-0.25, -0.2) is 0 Å². The summed E-state index contributed by atoms with van der Waals surface area (Å²) in [6.07, 6.45) is 5.45. The molecule has 0 unspecified atom stereocenters. The number of allylic oxidation sites excluding steroid dienone is 1. The minimum atomic E-state index is 0.264. The first-order valence-corrected chi connectivity index (χ1v) is 6.79. The van der Waals surface area contributed by atoms with E-state index in [1.165, 1.54) is 0 Å². The Morgan fingerprint density at radius 1 is 1.00 bits per heavy atom. The number of nitrogens with zero attached hydrogens (tertiary/aromatic N) is 2. The maximum Gasteiger partial charge on any atom is 0.199 e. The molecule has 3 aromatic rings. The highest BCUT2D eigenvalue weighted by Crippen LogP contribution is 2.30. The van der Waals surface area contributed by atoms with Crippen molar-refractivity contribution in [2.75, 3.05) is 0 Å². The predicted molar refractivity (Wildman–Crippen MR) is 88.2 cm³/mol. The number of hydrogen-bond acceptors (Lipinski definition) is 2. The molecular formula is C18H16N2O.